The first-order valence-electron chi connectivity index (χ1n) is 11.4. The van der Waals surface area contributed by atoms with Crippen molar-refractivity contribution in [2.75, 3.05) is 16.7 Å². The van der Waals surface area contributed by atoms with Crippen molar-refractivity contribution in [1.82, 2.24) is 14.8 Å². The van der Waals surface area contributed by atoms with Crippen molar-refractivity contribution >= 4 is 38.2 Å². The van der Waals surface area contributed by atoms with Gasteiger partial charge in [0.1, 0.15) is 17.3 Å². The molecule has 10 nitrogen and oxygen atoms in total. The van der Waals surface area contributed by atoms with E-state index in [1.165, 1.54) is 41.2 Å². The van der Waals surface area contributed by atoms with Gasteiger partial charge < -0.3 is 20.6 Å². The summed E-state index contributed by atoms with van der Waals surface area (Å²) in [6, 6.07) is 12.2. The summed E-state index contributed by atoms with van der Waals surface area (Å²) in [5.41, 5.74) is 7.98. The van der Waals surface area contributed by atoms with Crippen LogP contribution >= 0.6 is 0 Å². The quantitative estimate of drug-likeness (QED) is 0.169. The molecule has 0 saturated heterocycles. The number of hydrogen-bond donors (Lipinski definition) is 4. The maximum absolute atomic E-state index is 14.0. The van der Waals surface area contributed by atoms with E-state index in [1.807, 2.05) is 0 Å². The van der Waals surface area contributed by atoms with Crippen LogP contribution in [0, 0.1) is 18.6 Å². The van der Waals surface area contributed by atoms with Crippen LogP contribution in [0.15, 0.2) is 60.8 Å². The number of hydrogen-bond acceptors (Lipinski definition) is 7. The van der Waals surface area contributed by atoms with E-state index in [-0.39, 0.29) is 34.3 Å². The van der Waals surface area contributed by atoms with Gasteiger partial charge in [-0.2, -0.15) is 5.10 Å². The summed E-state index contributed by atoms with van der Waals surface area (Å²) in [6.45, 7) is 1.72. The Hall–Kier alpha value is -4.91. The Kier molecular flexibility index (Phi) is 6.23. The molecule has 0 radical (unpaired) electrons. The van der Waals surface area contributed by atoms with E-state index in [2.05, 4.69) is 14.8 Å². The van der Waals surface area contributed by atoms with Gasteiger partial charge in [-0.3, -0.25) is 9.52 Å². The van der Waals surface area contributed by atoms with Gasteiger partial charge >= 0.3 is 0 Å². The number of rotatable bonds is 7. The number of anilines is 2. The van der Waals surface area contributed by atoms with Crippen molar-refractivity contribution in [2.45, 2.75) is 6.92 Å². The fourth-order valence-electron chi connectivity index (χ4n) is 4.07. The topological polar surface area (TPSA) is 152 Å². The smallest absolute Gasteiger partial charge is 0.229 e. The number of phenolic OH excluding ortho intramolecular Hbond substituents is 1. The van der Waals surface area contributed by atoms with Crippen LogP contribution < -0.4 is 15.2 Å². The normalized spacial score (nSPS) is 11.6. The molecule has 13 heteroatoms. The molecule has 0 atom stereocenters. The number of fused-ring (bicyclic) bond motifs is 1. The highest BCUT2D eigenvalue weighted by atomic mass is 32.2. The number of benzene rings is 3. The second kappa shape index (κ2) is 9.44. The number of nitrogens with two attached hydrogens (primary N) is 1. The Balaban J connectivity index is 1.43. The number of aromatic amines is 1. The van der Waals surface area contributed by atoms with E-state index in [0.717, 1.165) is 18.4 Å². The van der Waals surface area contributed by atoms with Gasteiger partial charge in [0.25, 0.3) is 0 Å². The number of aryl methyl sites for hydroxylation is 1. The lowest BCUT2D eigenvalue weighted by Gasteiger charge is -2.12. The zero-order valence-corrected chi connectivity index (χ0v) is 21.3. The molecule has 5 rings (SSSR count). The van der Waals surface area contributed by atoms with Crippen molar-refractivity contribution in [3.63, 3.8) is 0 Å². The number of ketones is 1. The van der Waals surface area contributed by atoms with E-state index in [1.54, 1.807) is 19.1 Å². The van der Waals surface area contributed by atoms with E-state index in [9.17, 15) is 27.1 Å². The van der Waals surface area contributed by atoms with Gasteiger partial charge in [-0.15, -0.1) is 0 Å². The van der Waals surface area contributed by atoms with Gasteiger partial charge in [-0.1, -0.05) is 6.07 Å². The number of aromatic nitrogens is 3. The van der Waals surface area contributed by atoms with Gasteiger partial charge in [0.2, 0.25) is 15.8 Å². The molecule has 3 aromatic carbocycles. The number of nitrogens with zero attached hydrogens (tertiary/aromatic N) is 2. The molecule has 0 aliphatic carbocycles. The first-order chi connectivity index (χ1) is 18.4. The van der Waals surface area contributed by atoms with Crippen molar-refractivity contribution in [3.05, 3.63) is 89.2 Å². The van der Waals surface area contributed by atoms with Crippen LogP contribution in [0.3, 0.4) is 0 Å². The molecule has 2 aromatic heterocycles. The number of carbonyl (C=O) groups is 1. The summed E-state index contributed by atoms with van der Waals surface area (Å²) in [4.78, 5) is 16.2. The molecule has 5 N–H and O–H groups in total. The predicted molar refractivity (Wildman–Crippen MR) is 141 cm³/mol. The van der Waals surface area contributed by atoms with Gasteiger partial charge in [-0.05, 0) is 55.0 Å². The molecule has 200 valence electrons. The van der Waals surface area contributed by atoms with Gasteiger partial charge in [0.05, 0.1) is 35.1 Å². The summed E-state index contributed by atoms with van der Waals surface area (Å²) in [7, 11) is -3.63. The summed E-state index contributed by atoms with van der Waals surface area (Å²) in [5, 5.41) is 14.9. The number of H-pyrrole nitrogens is 1. The fraction of sp³-hybridized carbons (Fsp3) is 0.0769. The molecule has 0 fully saturated rings. The van der Waals surface area contributed by atoms with E-state index < -0.39 is 33.2 Å². The number of para-hydroxylation sites is 1. The lowest BCUT2D eigenvalue weighted by atomic mass is 10.1. The lowest BCUT2D eigenvalue weighted by Crippen LogP contribution is -2.09. The molecule has 0 spiro atoms. The average molecular weight is 554 g/mol. The van der Waals surface area contributed by atoms with Crippen molar-refractivity contribution in [1.29, 1.82) is 0 Å². The van der Waals surface area contributed by atoms with Crippen molar-refractivity contribution < 1.29 is 31.8 Å². The highest BCUT2D eigenvalue weighted by molar-refractivity contribution is 7.92. The SMILES string of the molecule is Cc1cc(Oc2c(F)cccc2F)ccc1-n1ncc(C(=O)c2cc3cc(NS(C)(=O)=O)c(O)cc3[nH]2)c1N. The molecule has 0 unspecified atom stereocenters. The van der Waals surface area contributed by atoms with Gasteiger partial charge in [-0.25, -0.2) is 21.9 Å². The first kappa shape index (κ1) is 25.7. The van der Waals surface area contributed by atoms with E-state index in [0.29, 0.717) is 22.2 Å². The maximum Gasteiger partial charge on any atom is 0.229 e. The van der Waals surface area contributed by atoms with Crippen LogP contribution in [0.5, 0.6) is 17.2 Å². The third-order valence-corrected chi connectivity index (χ3v) is 6.45. The van der Waals surface area contributed by atoms with Gasteiger partial charge in [0, 0.05) is 17.0 Å². The third kappa shape index (κ3) is 4.99. The Morgan fingerprint density at radius 2 is 1.85 bits per heavy atom. The number of carbonyl (C=O) groups excluding carboxylic acids is 1. The molecule has 5 aromatic rings. The number of ether oxygens (including phenoxy) is 1. The largest absolute Gasteiger partial charge is 0.506 e. The fourth-order valence-corrected chi connectivity index (χ4v) is 4.63. The first-order valence-corrected chi connectivity index (χ1v) is 13.2. The monoisotopic (exact) mass is 553 g/mol. The van der Waals surface area contributed by atoms with Crippen molar-refractivity contribution in [3.8, 4) is 22.9 Å². The van der Waals surface area contributed by atoms with E-state index >= 15 is 0 Å². The summed E-state index contributed by atoms with van der Waals surface area (Å²) in [5.74, 6) is -2.78. The van der Waals surface area contributed by atoms with Crippen LogP contribution in [-0.2, 0) is 10.0 Å². The van der Waals surface area contributed by atoms with Crippen LogP contribution in [0.2, 0.25) is 0 Å². The maximum atomic E-state index is 14.0. The number of nitrogens with one attached hydrogen (secondary N) is 2. The van der Waals surface area contributed by atoms with Gasteiger partial charge in [0.15, 0.2) is 17.4 Å². The van der Waals surface area contributed by atoms with Crippen LogP contribution in [0.4, 0.5) is 20.3 Å². The zero-order valence-electron chi connectivity index (χ0n) is 20.5. The number of aromatic hydroxyl groups is 1. The molecule has 0 aliphatic heterocycles. The number of phenols is 1. The minimum atomic E-state index is -3.63. The molecule has 0 saturated carbocycles. The Morgan fingerprint density at radius 1 is 1.13 bits per heavy atom. The third-order valence-electron chi connectivity index (χ3n) is 5.86. The van der Waals surface area contributed by atoms with Crippen molar-refractivity contribution in [2.24, 2.45) is 0 Å². The molecule has 0 bridgehead atoms. The Morgan fingerprint density at radius 3 is 2.51 bits per heavy atom. The molecular formula is C26H21F2N5O5S. The molecule has 39 heavy (non-hydrogen) atoms. The summed E-state index contributed by atoms with van der Waals surface area (Å²) < 4.78 is 60.0. The van der Waals surface area contributed by atoms with E-state index in [4.69, 9.17) is 10.5 Å². The molecule has 2 heterocycles. The molecular weight excluding hydrogens is 532 g/mol. The molecule has 0 aliphatic rings. The highest BCUT2D eigenvalue weighted by Crippen LogP contribution is 2.33. The second-order valence-electron chi connectivity index (χ2n) is 8.80. The molecule has 0 amide bonds. The Labute approximate surface area is 220 Å². The number of sulfonamides is 1. The van der Waals surface area contributed by atoms with Crippen LogP contribution in [-0.4, -0.2) is 40.3 Å². The number of nitrogen functional groups attached to an aromatic ring is 1. The minimum absolute atomic E-state index is 0.0315. The Bertz CT molecular complexity index is 1860. The lowest BCUT2D eigenvalue weighted by molar-refractivity contribution is 0.103. The average Bonchev–Trinajstić information content (AvgIpc) is 3.44. The zero-order chi connectivity index (χ0) is 28.1. The predicted octanol–water partition coefficient (Wildman–Crippen LogP) is 4.62. The van der Waals surface area contributed by atoms with Crippen LogP contribution in [0.25, 0.3) is 16.6 Å². The standard InChI is InChI=1S/C26H21F2N5O5S/c1-13-8-15(38-25-17(27)4-3-5-18(25)28)6-7-22(13)33-26(29)16(12-30-33)24(35)21-10-14-9-20(32-39(2,36)37)23(34)11-19(14)31-21/h3-12,31-32,34H,29H2,1-2H3. The summed E-state index contributed by atoms with van der Waals surface area (Å²) in [6.07, 6.45) is 2.25. The van der Waals surface area contributed by atoms with Crippen LogP contribution in [0.1, 0.15) is 21.6 Å². The summed E-state index contributed by atoms with van der Waals surface area (Å²) >= 11 is 0. The highest BCUT2D eigenvalue weighted by Gasteiger charge is 2.21. The minimum Gasteiger partial charge on any atom is -0.506 e. The number of halogens is 2. The second-order valence-corrected chi connectivity index (χ2v) is 10.5.